The molecule has 1 rings (SSSR count). The molecule has 0 saturated carbocycles. The van der Waals surface area contributed by atoms with Crippen LogP contribution in [-0.2, 0) is 4.74 Å². The van der Waals surface area contributed by atoms with E-state index in [1.807, 2.05) is 0 Å². The van der Waals surface area contributed by atoms with Crippen LogP contribution in [0.25, 0.3) is 0 Å². The van der Waals surface area contributed by atoms with Crippen LogP contribution in [0, 0.1) is 16.0 Å². The van der Waals surface area contributed by atoms with Crippen molar-refractivity contribution < 1.29 is 9.66 Å². The number of nitrogens with one attached hydrogen (secondary N) is 2. The largest absolute Gasteiger partial charge is 0.382 e. The Bertz CT molecular complexity index is 423. The third kappa shape index (κ3) is 5.54. The summed E-state index contributed by atoms with van der Waals surface area (Å²) in [5, 5.41) is 13.8. The van der Waals surface area contributed by atoms with Gasteiger partial charge in [-0.1, -0.05) is 13.8 Å². The summed E-state index contributed by atoms with van der Waals surface area (Å²) in [6.07, 6.45) is 0. The Kier molecular flexibility index (Phi) is 6.04. The van der Waals surface area contributed by atoms with Crippen molar-refractivity contribution in [2.24, 2.45) is 11.8 Å². The summed E-state index contributed by atoms with van der Waals surface area (Å²) in [6, 6.07) is 4.54. The highest BCUT2D eigenvalue weighted by atomic mass is 16.6. The first-order chi connectivity index (χ1) is 9.02. The van der Waals surface area contributed by atoms with Gasteiger partial charge in [-0.25, -0.2) is 0 Å². The van der Waals surface area contributed by atoms with Crippen molar-refractivity contribution in [2.45, 2.75) is 13.8 Å². The van der Waals surface area contributed by atoms with Gasteiger partial charge in [-0.3, -0.25) is 16.0 Å². The minimum Gasteiger partial charge on any atom is -0.382 e. The molecule has 4 N–H and O–H groups in total. The van der Waals surface area contributed by atoms with Gasteiger partial charge in [-0.05, 0) is 12.0 Å². The minimum atomic E-state index is -0.457. The first-order valence-electron chi connectivity index (χ1n) is 6.10. The standard InChI is InChI=1S/C12H20N4O3/c1-9(2)8-19-4-3-14-10-5-11(15-13)7-12(6-10)16(17)18/h5-7,9,14-15H,3-4,8,13H2,1-2H3. The van der Waals surface area contributed by atoms with Crippen LogP contribution in [0.5, 0.6) is 0 Å². The van der Waals surface area contributed by atoms with E-state index < -0.39 is 4.92 Å². The highest BCUT2D eigenvalue weighted by Crippen LogP contribution is 2.23. The summed E-state index contributed by atoms with van der Waals surface area (Å²) in [6.45, 7) is 5.98. The van der Waals surface area contributed by atoms with Gasteiger partial charge in [-0.15, -0.1) is 0 Å². The van der Waals surface area contributed by atoms with Crippen molar-refractivity contribution in [1.29, 1.82) is 0 Å². The zero-order valence-electron chi connectivity index (χ0n) is 11.2. The molecule has 7 nitrogen and oxygen atoms in total. The highest BCUT2D eigenvalue weighted by Gasteiger charge is 2.09. The van der Waals surface area contributed by atoms with E-state index in [0.29, 0.717) is 37.1 Å². The van der Waals surface area contributed by atoms with Gasteiger partial charge in [0.2, 0.25) is 0 Å². The van der Waals surface area contributed by atoms with Gasteiger partial charge >= 0.3 is 0 Å². The Balaban J connectivity index is 2.53. The SMILES string of the molecule is CC(C)COCCNc1cc(NN)cc([N+](=O)[O-])c1. The van der Waals surface area contributed by atoms with Crippen LogP contribution < -0.4 is 16.6 Å². The average Bonchev–Trinajstić information content (AvgIpc) is 2.37. The normalized spacial score (nSPS) is 10.5. The van der Waals surface area contributed by atoms with E-state index >= 15 is 0 Å². The zero-order chi connectivity index (χ0) is 14.3. The maximum absolute atomic E-state index is 10.8. The fourth-order valence-corrected chi connectivity index (χ4v) is 1.49. The number of nitrogen functional groups attached to an aromatic ring is 1. The Morgan fingerprint density at radius 3 is 2.63 bits per heavy atom. The molecule has 0 bridgehead atoms. The lowest BCUT2D eigenvalue weighted by Crippen LogP contribution is -2.13. The first kappa shape index (κ1) is 15.2. The number of ether oxygens (including phenoxy) is 1. The molecule has 0 spiro atoms. The third-order valence-electron chi connectivity index (χ3n) is 2.32. The number of rotatable bonds is 8. The fraction of sp³-hybridized carbons (Fsp3) is 0.500. The number of nitrogens with zero attached hydrogens (tertiary/aromatic N) is 1. The van der Waals surface area contributed by atoms with Gasteiger partial charge in [-0.2, -0.15) is 0 Å². The fourth-order valence-electron chi connectivity index (χ4n) is 1.49. The van der Waals surface area contributed by atoms with Crippen molar-refractivity contribution in [3.05, 3.63) is 28.3 Å². The average molecular weight is 268 g/mol. The van der Waals surface area contributed by atoms with E-state index in [9.17, 15) is 10.1 Å². The second-order valence-corrected chi connectivity index (χ2v) is 4.57. The number of nitrogens with two attached hydrogens (primary N) is 1. The van der Waals surface area contributed by atoms with Gasteiger partial charge in [0.1, 0.15) is 0 Å². The van der Waals surface area contributed by atoms with Crippen LogP contribution in [0.15, 0.2) is 18.2 Å². The van der Waals surface area contributed by atoms with Gasteiger partial charge in [0.05, 0.1) is 17.2 Å². The monoisotopic (exact) mass is 268 g/mol. The molecular formula is C12H20N4O3. The molecule has 19 heavy (non-hydrogen) atoms. The van der Waals surface area contributed by atoms with Crippen LogP contribution in [0.1, 0.15) is 13.8 Å². The Hall–Kier alpha value is -1.86. The van der Waals surface area contributed by atoms with Crippen LogP contribution in [0.4, 0.5) is 17.1 Å². The molecule has 0 aliphatic carbocycles. The van der Waals surface area contributed by atoms with E-state index in [4.69, 9.17) is 10.6 Å². The maximum atomic E-state index is 10.8. The molecule has 0 atom stereocenters. The van der Waals surface area contributed by atoms with Gasteiger partial charge in [0, 0.05) is 31.0 Å². The molecule has 0 aliphatic heterocycles. The molecule has 0 fully saturated rings. The van der Waals surface area contributed by atoms with E-state index in [1.165, 1.54) is 12.1 Å². The molecular weight excluding hydrogens is 248 g/mol. The van der Waals surface area contributed by atoms with Gasteiger partial charge < -0.3 is 15.5 Å². The highest BCUT2D eigenvalue weighted by molar-refractivity contribution is 5.63. The first-order valence-corrected chi connectivity index (χ1v) is 6.10. The van der Waals surface area contributed by atoms with Crippen molar-refractivity contribution in [2.75, 3.05) is 30.5 Å². The summed E-state index contributed by atoms with van der Waals surface area (Å²) in [7, 11) is 0. The summed E-state index contributed by atoms with van der Waals surface area (Å²) in [5.41, 5.74) is 3.51. The summed E-state index contributed by atoms with van der Waals surface area (Å²) < 4.78 is 5.41. The molecule has 0 saturated heterocycles. The zero-order valence-corrected chi connectivity index (χ0v) is 11.2. The second kappa shape index (κ2) is 7.55. The summed E-state index contributed by atoms with van der Waals surface area (Å²) in [5.74, 6) is 5.76. The number of non-ortho nitro benzene ring substituents is 1. The molecule has 106 valence electrons. The Labute approximate surface area is 112 Å². The summed E-state index contributed by atoms with van der Waals surface area (Å²) in [4.78, 5) is 10.3. The number of nitro benzene ring substituents is 1. The number of nitro groups is 1. The van der Waals surface area contributed by atoms with Crippen LogP contribution in [0.2, 0.25) is 0 Å². The predicted molar refractivity (Wildman–Crippen MR) is 75.1 cm³/mol. The Morgan fingerprint density at radius 1 is 1.37 bits per heavy atom. The molecule has 0 aliphatic rings. The number of anilines is 2. The molecule has 0 radical (unpaired) electrons. The molecule has 1 aromatic carbocycles. The van der Waals surface area contributed by atoms with Crippen LogP contribution >= 0.6 is 0 Å². The smallest absolute Gasteiger partial charge is 0.273 e. The van der Waals surface area contributed by atoms with E-state index in [1.54, 1.807) is 6.07 Å². The number of hydrogen-bond donors (Lipinski definition) is 3. The van der Waals surface area contributed by atoms with E-state index in [0.717, 1.165) is 0 Å². The summed E-state index contributed by atoms with van der Waals surface area (Å²) >= 11 is 0. The second-order valence-electron chi connectivity index (χ2n) is 4.57. The van der Waals surface area contributed by atoms with Gasteiger partial charge in [0.25, 0.3) is 5.69 Å². The number of hydrogen-bond acceptors (Lipinski definition) is 6. The van der Waals surface area contributed by atoms with Gasteiger partial charge in [0.15, 0.2) is 0 Å². The minimum absolute atomic E-state index is 0.0129. The van der Waals surface area contributed by atoms with E-state index in [-0.39, 0.29) is 5.69 Å². The van der Waals surface area contributed by atoms with Crippen molar-refractivity contribution >= 4 is 17.1 Å². The lowest BCUT2D eigenvalue weighted by molar-refractivity contribution is -0.384. The van der Waals surface area contributed by atoms with Crippen molar-refractivity contribution in [3.8, 4) is 0 Å². The maximum Gasteiger partial charge on any atom is 0.273 e. The molecule has 1 aromatic rings. The van der Waals surface area contributed by atoms with Crippen LogP contribution in [-0.4, -0.2) is 24.7 Å². The quantitative estimate of drug-likeness (QED) is 0.288. The van der Waals surface area contributed by atoms with Crippen molar-refractivity contribution in [3.63, 3.8) is 0 Å². The molecule has 0 amide bonds. The molecule has 0 aromatic heterocycles. The molecule has 0 heterocycles. The lowest BCUT2D eigenvalue weighted by Gasteiger charge is -2.10. The number of hydrazine groups is 1. The van der Waals surface area contributed by atoms with Crippen molar-refractivity contribution in [1.82, 2.24) is 0 Å². The lowest BCUT2D eigenvalue weighted by atomic mass is 10.2. The molecule has 7 heteroatoms. The number of benzene rings is 1. The Morgan fingerprint density at radius 2 is 2.05 bits per heavy atom. The third-order valence-corrected chi connectivity index (χ3v) is 2.32. The van der Waals surface area contributed by atoms with Crippen LogP contribution in [0.3, 0.4) is 0 Å². The predicted octanol–water partition coefficient (Wildman–Crippen LogP) is 1.96. The van der Waals surface area contributed by atoms with E-state index in [2.05, 4.69) is 24.6 Å². The topological polar surface area (TPSA) is 102 Å². The molecule has 0 unspecified atom stereocenters.